The predicted octanol–water partition coefficient (Wildman–Crippen LogP) is -6.59. The van der Waals surface area contributed by atoms with E-state index in [1.54, 1.807) is 0 Å². The van der Waals surface area contributed by atoms with Gasteiger partial charge in [-0.15, -0.1) is 37.9 Å². The molecular weight excluding hydrogens is 1160 g/mol. The van der Waals surface area contributed by atoms with Crippen molar-refractivity contribution in [1.82, 2.24) is 10.6 Å². The first kappa shape index (κ1) is 79.3. The second-order valence-corrected chi connectivity index (χ2v) is 23.2. The summed E-state index contributed by atoms with van der Waals surface area (Å²) in [5, 5.41) is 83.8. The average molecular weight is 1240 g/mol. The first-order chi connectivity index (χ1) is 36.4. The number of hydrogen-bond acceptors (Lipinski definition) is 26. The van der Waals surface area contributed by atoms with Crippen molar-refractivity contribution in [3.8, 4) is 0 Å². The molecule has 33 heteroatoms. The number of nitrogens with zero attached hydrogens (tertiary/aromatic N) is 8. The topological polar surface area (TPSA) is 365 Å². The maximum absolute atomic E-state index is 11.7. The van der Waals surface area contributed by atoms with Gasteiger partial charge in [0.05, 0.1) is 36.4 Å². The third-order valence-corrected chi connectivity index (χ3v) is 16.7. The van der Waals surface area contributed by atoms with Crippen molar-refractivity contribution in [2.45, 2.75) is 240 Å². The van der Waals surface area contributed by atoms with Crippen LogP contribution in [0.5, 0.6) is 0 Å². The van der Waals surface area contributed by atoms with Gasteiger partial charge in [-0.1, -0.05) is 50.1 Å². The monoisotopic (exact) mass is 1240 g/mol. The van der Waals surface area contributed by atoms with Crippen molar-refractivity contribution in [3.05, 3.63) is 19.3 Å². The number of azo groups is 4. The average Bonchev–Trinajstić information content (AvgIpc) is 3.37. The minimum atomic E-state index is -3.11. The van der Waals surface area contributed by atoms with Crippen molar-refractivity contribution in [2.24, 2.45) is 76.4 Å². The number of nitrogens with one attached hydrogen (secondary N) is 2. The first-order valence-electron chi connectivity index (χ1n) is 26.9. The Bertz CT molecular complexity index is 2140. The zero-order valence-corrected chi connectivity index (χ0v) is 58.6. The van der Waals surface area contributed by atoms with Crippen LogP contribution in [0, 0.1) is 54.8 Å². The van der Waals surface area contributed by atoms with Crippen LogP contribution in [0.2, 0.25) is 0 Å². The Hall–Kier alpha value is 1.29. The van der Waals surface area contributed by atoms with Gasteiger partial charge in [0.1, 0.15) is 12.1 Å². The van der Waals surface area contributed by atoms with Gasteiger partial charge in [-0.05, 0) is 132 Å². The Morgan fingerprint density at radius 3 is 1.62 bits per heavy atom. The third-order valence-electron chi connectivity index (χ3n) is 16.7. The Morgan fingerprint density at radius 1 is 0.537 bits per heavy atom. The van der Waals surface area contributed by atoms with E-state index >= 15 is 0 Å². The smallest absolute Gasteiger partial charge is 0.579 e. The second kappa shape index (κ2) is 43.0. The fourth-order valence-corrected chi connectivity index (χ4v) is 12.7. The van der Waals surface area contributed by atoms with Gasteiger partial charge in [-0.2, -0.15) is 56.4 Å². The molecule has 17 atom stereocenters. The van der Waals surface area contributed by atoms with Crippen LogP contribution in [-0.2, 0) is 59.0 Å². The summed E-state index contributed by atoms with van der Waals surface area (Å²) < 4.78 is 80.4. The van der Waals surface area contributed by atoms with E-state index in [-0.39, 0.29) is 178 Å². The van der Waals surface area contributed by atoms with Crippen LogP contribution in [0.15, 0.2) is 40.9 Å². The molecule has 0 aromatic carbocycles. The van der Waals surface area contributed by atoms with Gasteiger partial charge in [0, 0.05) is 18.1 Å². The van der Waals surface area contributed by atoms with E-state index in [0.717, 1.165) is 128 Å². The van der Waals surface area contributed by atoms with Crippen LogP contribution in [0.3, 0.4) is 0 Å². The molecule has 0 aromatic rings. The number of aliphatic hydroxyl groups is 3. The molecule has 434 valence electrons. The molecule has 8 aliphatic rings. The zero-order chi connectivity index (χ0) is 55.1. The Morgan fingerprint density at radius 2 is 1.06 bits per heavy atom. The molecule has 0 bridgehead atoms. The van der Waals surface area contributed by atoms with Crippen LogP contribution >= 0.6 is 0 Å². The molecule has 8 aliphatic carbocycles. The van der Waals surface area contributed by atoms with Crippen LogP contribution < -0.4 is 129 Å². The largest absolute Gasteiger partial charge is 1.00 e. The van der Waals surface area contributed by atoms with Crippen molar-refractivity contribution < 1.29 is 186 Å². The van der Waals surface area contributed by atoms with Gasteiger partial charge in [0.15, 0.2) is 6.35 Å². The molecule has 80 heavy (non-hydrogen) atoms. The van der Waals surface area contributed by atoms with Gasteiger partial charge in [0.2, 0.25) is 0 Å². The molecule has 8 fully saturated rings. The molecule has 25 nitrogen and oxygen atoms in total. The second-order valence-electron chi connectivity index (χ2n) is 21.9. The van der Waals surface area contributed by atoms with Crippen molar-refractivity contribution in [2.75, 3.05) is 0 Å². The molecule has 5 N–H and O–H groups in total. The Labute approximate surface area is 570 Å². The van der Waals surface area contributed by atoms with Gasteiger partial charge in [-0.3, -0.25) is 17.1 Å². The molecule has 17 unspecified atom stereocenters. The van der Waals surface area contributed by atoms with Crippen molar-refractivity contribution >= 4 is 44.7 Å². The van der Waals surface area contributed by atoms with Crippen LogP contribution in [0.1, 0.15) is 155 Å². The minimum Gasteiger partial charge on any atom is -0.579 e. The summed E-state index contributed by atoms with van der Waals surface area (Å²) in [6.07, 6.45) is 25.4. The SMILES string of the molecule is CC1CCC(N=NC2C[CH-]C(N=NC3C(OOO[S-])CC4CC(NC(O)NC5CCC6C(C[CH-]C(N=NC7CCC(N=NC8CC[CH-]CC8)CC7C)C6O)C5)CCC4C3O)CC2)CC1.O=S(=O)=O.O=S(=O)=O.O=S(=O)=O.[Na+].[Na+].[Na+].[Na+]. The molecule has 0 amide bonds. The molecule has 0 saturated heterocycles. The van der Waals surface area contributed by atoms with E-state index in [4.69, 9.17) is 78.5 Å². The fourth-order valence-electron chi connectivity index (χ4n) is 12.7. The Balaban J connectivity index is 0.00000182. The maximum Gasteiger partial charge on any atom is 1.00 e. The Kier molecular flexibility index (Phi) is 42.7. The summed E-state index contributed by atoms with van der Waals surface area (Å²) in [6, 6.07) is 0.714. The standard InChI is InChI=1S/C47H79N10O6S.4Na.3O3S/c1-28-8-11-33(12-9-28)51-52-34-13-15-35(16-14-34)53-57-44-43(61-62-63-64)27-31-26-37(18-21-40(31)46(44)59)49-47(60)48-36-17-20-39-30(25-36)10-22-42(45(39)58)56-55-41-23-19-38(24-29(41)2)54-50-32-6-4-3-5-7-32;;;;;3*1-4(2)3/h3,15,22,28-49,58-60,64H,4-14,16-21,23-27H2,1-2H3;;;;;;;/q-3;4*+1;;;/p-1. The number of hydrogen-bond donors (Lipinski definition) is 5. The van der Waals surface area contributed by atoms with E-state index in [0.29, 0.717) is 30.3 Å². The quantitative estimate of drug-likeness (QED) is 0.0194. The summed E-state index contributed by atoms with van der Waals surface area (Å²) in [7, 11) is -9.33. The van der Waals surface area contributed by atoms with Crippen LogP contribution in [0.4, 0.5) is 0 Å². The van der Waals surface area contributed by atoms with Crippen molar-refractivity contribution in [1.29, 1.82) is 0 Å². The summed E-state index contributed by atoms with van der Waals surface area (Å²) in [5.41, 5.74) is 0. The van der Waals surface area contributed by atoms with E-state index in [1.807, 2.05) is 0 Å². The van der Waals surface area contributed by atoms with E-state index in [2.05, 4.69) is 71.2 Å². The normalized spacial score (nSPS) is 36.6. The fraction of sp³-hybridized carbons (Fsp3) is 0.936. The zero-order valence-electron chi connectivity index (χ0n) is 47.3. The molecule has 0 spiro atoms. The maximum atomic E-state index is 11.7. The predicted molar refractivity (Wildman–Crippen MR) is 272 cm³/mol. The third kappa shape index (κ3) is 29.1. The summed E-state index contributed by atoms with van der Waals surface area (Å²) in [5.74, 6) is 1.86. The molecule has 8 rings (SSSR count). The minimum absolute atomic E-state index is 0. The summed E-state index contributed by atoms with van der Waals surface area (Å²) in [6.45, 7) is 4.58. The number of aliphatic hydroxyl groups excluding tert-OH is 3. The first-order valence-corrected chi connectivity index (χ1v) is 30.3. The molecule has 8 saturated carbocycles. The van der Waals surface area contributed by atoms with Gasteiger partial charge in [0.25, 0.3) is 0 Å². The van der Waals surface area contributed by atoms with Crippen LogP contribution in [-0.4, -0.2) is 138 Å². The van der Waals surface area contributed by atoms with Gasteiger partial charge in [-0.25, -0.2) is 15.1 Å². The molecule has 0 radical (unpaired) electrons. The van der Waals surface area contributed by atoms with Gasteiger partial charge < -0.3 is 45.4 Å². The molecule has 0 aliphatic heterocycles. The molecule has 0 heterocycles. The molecule has 0 aromatic heterocycles. The van der Waals surface area contributed by atoms with E-state index in [9.17, 15) is 15.3 Å². The number of rotatable bonds is 15. The molecular formula is C47H78N10Na4O15S4. The van der Waals surface area contributed by atoms with Crippen molar-refractivity contribution in [3.63, 3.8) is 0 Å². The summed E-state index contributed by atoms with van der Waals surface area (Å²) >= 11 is 4.53. The number of fused-ring (bicyclic) bond motifs is 2. The van der Waals surface area contributed by atoms with Gasteiger partial charge >= 0.3 is 150 Å². The van der Waals surface area contributed by atoms with E-state index in [1.165, 1.54) is 12.8 Å². The van der Waals surface area contributed by atoms with E-state index < -0.39 is 62.5 Å². The van der Waals surface area contributed by atoms with Crippen LogP contribution in [0.25, 0.3) is 0 Å². The summed E-state index contributed by atoms with van der Waals surface area (Å²) in [4.78, 5) is 5.57.